The Morgan fingerprint density at radius 3 is 2.08 bits per heavy atom. The molecule has 0 heteroatoms. The summed E-state index contributed by atoms with van der Waals surface area (Å²) in [6, 6.07) is 0. The van der Waals surface area contributed by atoms with Gasteiger partial charge in [-0.2, -0.15) is 19.3 Å². The zero-order valence-electron chi connectivity index (χ0n) is 10.4. The van der Waals surface area contributed by atoms with Gasteiger partial charge in [-0.1, -0.05) is 53.4 Å². The molecule has 0 nitrogen and oxygen atoms in total. The molecule has 0 aromatic carbocycles. The van der Waals surface area contributed by atoms with Crippen molar-refractivity contribution < 1.29 is 0 Å². The molecule has 0 N–H and O–H groups in total. The van der Waals surface area contributed by atoms with Crippen molar-refractivity contribution in [2.45, 2.75) is 67.2 Å². The maximum Gasteiger partial charge on any atom is -0.0462 e. The van der Waals surface area contributed by atoms with E-state index in [0.29, 0.717) is 5.41 Å². The highest BCUT2D eigenvalue weighted by Crippen LogP contribution is 2.39. The summed E-state index contributed by atoms with van der Waals surface area (Å²) >= 11 is 0. The molecule has 0 saturated carbocycles. The predicted octanol–water partition coefficient (Wildman–Crippen LogP) is 4.84. The molecule has 0 heterocycles. The Morgan fingerprint density at radius 1 is 1.23 bits per heavy atom. The first kappa shape index (κ1) is 13.0. The van der Waals surface area contributed by atoms with Gasteiger partial charge in [0, 0.05) is 0 Å². The molecule has 0 aliphatic rings. The van der Waals surface area contributed by atoms with Crippen molar-refractivity contribution in [3.05, 3.63) is 5.92 Å². The van der Waals surface area contributed by atoms with E-state index in [0.717, 1.165) is 5.92 Å². The average Bonchev–Trinajstić information content (AvgIpc) is 2.04. The minimum Gasteiger partial charge on any atom is -0.314 e. The fraction of sp³-hybridized carbons (Fsp3) is 0.923. The third kappa shape index (κ3) is 4.15. The predicted molar refractivity (Wildman–Crippen MR) is 61.7 cm³/mol. The van der Waals surface area contributed by atoms with Crippen molar-refractivity contribution in [3.8, 4) is 0 Å². The van der Waals surface area contributed by atoms with E-state index in [2.05, 4.69) is 41.5 Å². The summed E-state index contributed by atoms with van der Waals surface area (Å²) in [6.45, 7) is 14.0. The summed E-state index contributed by atoms with van der Waals surface area (Å²) in [4.78, 5) is 0. The zero-order chi connectivity index (χ0) is 10.5. The Bertz CT molecular complexity index is 126. The van der Waals surface area contributed by atoms with E-state index in [-0.39, 0.29) is 0 Å². The minimum atomic E-state index is 0.481. The monoisotopic (exact) mass is 183 g/mol. The van der Waals surface area contributed by atoms with Crippen LogP contribution >= 0.6 is 0 Å². The van der Waals surface area contributed by atoms with Crippen LogP contribution in [-0.4, -0.2) is 0 Å². The lowest BCUT2D eigenvalue weighted by Gasteiger charge is -2.46. The molecule has 2 atom stereocenters. The smallest absolute Gasteiger partial charge is 0.0462 e. The van der Waals surface area contributed by atoms with Gasteiger partial charge in [0.05, 0.1) is 0 Å². The third-order valence-electron chi connectivity index (χ3n) is 3.57. The fourth-order valence-corrected chi connectivity index (χ4v) is 2.07. The molecule has 0 aromatic rings. The summed E-state index contributed by atoms with van der Waals surface area (Å²) < 4.78 is 0. The van der Waals surface area contributed by atoms with Gasteiger partial charge in [-0.05, 0) is 5.92 Å². The maximum absolute atomic E-state index is 2.41. The summed E-state index contributed by atoms with van der Waals surface area (Å²) in [5.74, 6) is 2.47. The Balaban J connectivity index is 4.10. The summed E-state index contributed by atoms with van der Waals surface area (Å²) in [6.07, 6.45) is 5.34. The molecule has 0 aliphatic carbocycles. The first-order chi connectivity index (χ1) is 5.96. The van der Waals surface area contributed by atoms with E-state index in [1.54, 1.807) is 5.92 Å². The third-order valence-corrected chi connectivity index (χ3v) is 3.57. The molecule has 0 spiro atoms. The molecule has 0 bridgehead atoms. The molecular weight excluding hydrogens is 156 g/mol. The van der Waals surface area contributed by atoms with Gasteiger partial charge >= 0.3 is 0 Å². The fourth-order valence-electron chi connectivity index (χ4n) is 2.07. The van der Waals surface area contributed by atoms with Gasteiger partial charge in [-0.3, -0.25) is 0 Å². The molecule has 2 unspecified atom stereocenters. The summed E-state index contributed by atoms with van der Waals surface area (Å²) in [5, 5.41) is 0. The van der Waals surface area contributed by atoms with Crippen molar-refractivity contribution in [1.29, 1.82) is 0 Å². The molecular formula is C13H27-. The van der Waals surface area contributed by atoms with Gasteiger partial charge in [0.2, 0.25) is 0 Å². The van der Waals surface area contributed by atoms with Gasteiger partial charge in [0.25, 0.3) is 0 Å². The van der Waals surface area contributed by atoms with Crippen LogP contribution in [0.25, 0.3) is 0 Å². The normalized spacial score (nSPS) is 18.7. The Morgan fingerprint density at radius 2 is 1.77 bits per heavy atom. The number of hydrogen-bond donors (Lipinski definition) is 0. The van der Waals surface area contributed by atoms with Crippen LogP contribution in [0.1, 0.15) is 67.2 Å². The standard InChI is InChI=1S/C13H27/c1-7-9-12(5)10-13(6,8-2)11(3)4/h12H,7-10H2,1-6H3/q-1. The van der Waals surface area contributed by atoms with Crippen LogP contribution in [-0.2, 0) is 0 Å². The SMILES string of the molecule is CCCC(C)CC(C)(CC)[C-](C)C. The molecule has 0 aromatic heterocycles. The minimum absolute atomic E-state index is 0.481. The topological polar surface area (TPSA) is 0 Å². The molecule has 0 amide bonds. The van der Waals surface area contributed by atoms with Crippen LogP contribution in [0.3, 0.4) is 0 Å². The largest absolute Gasteiger partial charge is 0.314 e. The second-order valence-electron chi connectivity index (χ2n) is 5.01. The molecule has 0 radical (unpaired) electrons. The van der Waals surface area contributed by atoms with Crippen LogP contribution in [0.15, 0.2) is 0 Å². The van der Waals surface area contributed by atoms with Gasteiger partial charge in [0.15, 0.2) is 0 Å². The second kappa shape index (κ2) is 5.67. The summed E-state index contributed by atoms with van der Waals surface area (Å²) in [7, 11) is 0. The van der Waals surface area contributed by atoms with E-state index < -0.39 is 0 Å². The Kier molecular flexibility index (Phi) is 5.67. The van der Waals surface area contributed by atoms with Gasteiger partial charge in [-0.15, -0.1) is 0 Å². The van der Waals surface area contributed by atoms with E-state index >= 15 is 0 Å². The number of hydrogen-bond acceptors (Lipinski definition) is 0. The van der Waals surface area contributed by atoms with Crippen LogP contribution in [0.4, 0.5) is 0 Å². The highest BCUT2D eigenvalue weighted by Gasteiger charge is 2.18. The van der Waals surface area contributed by atoms with Crippen LogP contribution in [0, 0.1) is 17.3 Å². The van der Waals surface area contributed by atoms with Crippen LogP contribution < -0.4 is 0 Å². The van der Waals surface area contributed by atoms with Crippen molar-refractivity contribution >= 4 is 0 Å². The van der Waals surface area contributed by atoms with E-state index in [4.69, 9.17) is 0 Å². The van der Waals surface area contributed by atoms with Crippen molar-refractivity contribution in [2.75, 3.05) is 0 Å². The first-order valence-corrected chi connectivity index (χ1v) is 5.77. The van der Waals surface area contributed by atoms with E-state index in [9.17, 15) is 0 Å². The lowest BCUT2D eigenvalue weighted by Crippen LogP contribution is -2.23. The Hall–Kier alpha value is 0. The molecule has 0 saturated heterocycles. The van der Waals surface area contributed by atoms with Gasteiger partial charge in [-0.25, -0.2) is 0 Å². The molecule has 0 rings (SSSR count). The lowest BCUT2D eigenvalue weighted by molar-refractivity contribution is 0.248. The first-order valence-electron chi connectivity index (χ1n) is 5.77. The van der Waals surface area contributed by atoms with Crippen LogP contribution in [0.5, 0.6) is 0 Å². The van der Waals surface area contributed by atoms with E-state index in [1.807, 2.05) is 0 Å². The van der Waals surface area contributed by atoms with Gasteiger partial charge in [0.1, 0.15) is 0 Å². The average molecular weight is 183 g/mol. The van der Waals surface area contributed by atoms with Crippen molar-refractivity contribution in [2.24, 2.45) is 11.3 Å². The van der Waals surface area contributed by atoms with E-state index in [1.165, 1.54) is 25.7 Å². The quantitative estimate of drug-likeness (QED) is 0.517. The molecule has 0 aliphatic heterocycles. The Labute approximate surface area is 85.1 Å². The second-order valence-corrected chi connectivity index (χ2v) is 5.01. The zero-order valence-corrected chi connectivity index (χ0v) is 10.4. The van der Waals surface area contributed by atoms with Gasteiger partial charge < -0.3 is 5.92 Å². The summed E-state index contributed by atoms with van der Waals surface area (Å²) in [5.41, 5.74) is 0.481. The number of rotatable bonds is 6. The molecule has 13 heavy (non-hydrogen) atoms. The lowest BCUT2D eigenvalue weighted by atomic mass is 9.70. The maximum atomic E-state index is 2.41. The molecule has 0 fully saturated rings. The molecule has 80 valence electrons. The highest BCUT2D eigenvalue weighted by atomic mass is 14.3. The van der Waals surface area contributed by atoms with Crippen LogP contribution in [0.2, 0.25) is 0 Å². The van der Waals surface area contributed by atoms with Crippen molar-refractivity contribution in [3.63, 3.8) is 0 Å². The van der Waals surface area contributed by atoms with Crippen molar-refractivity contribution in [1.82, 2.24) is 0 Å². The highest BCUT2D eigenvalue weighted by molar-refractivity contribution is 4.97.